The minimum absolute atomic E-state index is 0.167. The summed E-state index contributed by atoms with van der Waals surface area (Å²) in [7, 11) is 0. The van der Waals surface area contributed by atoms with Gasteiger partial charge in [-0.2, -0.15) is 0 Å². The van der Waals surface area contributed by atoms with Crippen LogP contribution in [0.15, 0.2) is 30.3 Å². The molecule has 4 rings (SSSR count). The molecule has 138 valence electrons. The van der Waals surface area contributed by atoms with Gasteiger partial charge in [-0.25, -0.2) is 0 Å². The molecule has 0 unspecified atom stereocenters. The molecule has 1 aromatic carbocycles. The van der Waals surface area contributed by atoms with E-state index in [0.717, 1.165) is 5.56 Å². The van der Waals surface area contributed by atoms with Gasteiger partial charge in [0.1, 0.15) is 24.9 Å². The number of ether oxygens (including phenoxy) is 6. The Morgan fingerprint density at radius 3 is 2.52 bits per heavy atom. The molecule has 0 amide bonds. The van der Waals surface area contributed by atoms with Crippen LogP contribution in [-0.2, 0) is 35.0 Å². The Hall–Kier alpha value is -1.02. The predicted molar refractivity (Wildman–Crippen MR) is 88.6 cm³/mol. The molecule has 4 atom stereocenters. The second kappa shape index (κ2) is 6.01. The van der Waals surface area contributed by atoms with Crippen molar-refractivity contribution in [2.24, 2.45) is 0 Å². The molecule has 3 heterocycles. The van der Waals surface area contributed by atoms with Crippen LogP contribution in [0, 0.1) is 0 Å². The summed E-state index contributed by atoms with van der Waals surface area (Å²) in [6, 6.07) is 10.0. The molecule has 0 radical (unpaired) electrons. The molecule has 0 spiro atoms. The summed E-state index contributed by atoms with van der Waals surface area (Å²) in [5.74, 6) is -2.41. The highest BCUT2D eigenvalue weighted by molar-refractivity contribution is 5.13. The monoisotopic (exact) mass is 350 g/mol. The van der Waals surface area contributed by atoms with Crippen LogP contribution in [0.5, 0.6) is 0 Å². The maximum absolute atomic E-state index is 6.15. The zero-order valence-electron chi connectivity index (χ0n) is 15.2. The van der Waals surface area contributed by atoms with E-state index < -0.39 is 23.5 Å². The standard InChI is InChI=1S/C19H26O6/c1-17(2)22-14-11-21-19(12-20-10-13-8-6-5-7-9-13)16(15(14)23-17)24-18(3,4)25-19/h5-9,14-16H,10-12H2,1-4H3/t14-,15-,16+,19+/m1/s1. The molecule has 3 aliphatic heterocycles. The van der Waals surface area contributed by atoms with Crippen molar-refractivity contribution in [1.29, 1.82) is 0 Å². The quantitative estimate of drug-likeness (QED) is 0.832. The van der Waals surface area contributed by atoms with Gasteiger partial charge in [0.05, 0.1) is 13.2 Å². The Morgan fingerprint density at radius 1 is 1.00 bits per heavy atom. The van der Waals surface area contributed by atoms with Gasteiger partial charge in [-0.05, 0) is 33.3 Å². The van der Waals surface area contributed by atoms with E-state index in [1.54, 1.807) is 0 Å². The van der Waals surface area contributed by atoms with E-state index in [1.807, 2.05) is 58.0 Å². The topological polar surface area (TPSA) is 55.4 Å². The summed E-state index contributed by atoms with van der Waals surface area (Å²) >= 11 is 0. The van der Waals surface area contributed by atoms with E-state index in [2.05, 4.69) is 0 Å². The highest BCUT2D eigenvalue weighted by Crippen LogP contribution is 2.47. The lowest BCUT2D eigenvalue weighted by Crippen LogP contribution is -2.60. The van der Waals surface area contributed by atoms with Crippen LogP contribution < -0.4 is 0 Å². The van der Waals surface area contributed by atoms with Gasteiger partial charge in [0.25, 0.3) is 0 Å². The van der Waals surface area contributed by atoms with Crippen molar-refractivity contribution < 1.29 is 28.4 Å². The van der Waals surface area contributed by atoms with Gasteiger partial charge >= 0.3 is 0 Å². The molecule has 25 heavy (non-hydrogen) atoms. The Kier molecular flexibility index (Phi) is 4.18. The second-order valence-electron chi connectivity index (χ2n) is 7.78. The first-order chi connectivity index (χ1) is 11.8. The summed E-state index contributed by atoms with van der Waals surface area (Å²) in [4.78, 5) is 0. The fraction of sp³-hybridized carbons (Fsp3) is 0.684. The van der Waals surface area contributed by atoms with Crippen LogP contribution in [0.2, 0.25) is 0 Å². The largest absolute Gasteiger partial charge is 0.371 e. The van der Waals surface area contributed by atoms with E-state index in [-0.39, 0.29) is 18.8 Å². The second-order valence-corrected chi connectivity index (χ2v) is 7.78. The molecule has 0 N–H and O–H groups in total. The first-order valence-electron chi connectivity index (χ1n) is 8.78. The van der Waals surface area contributed by atoms with E-state index in [0.29, 0.717) is 13.2 Å². The van der Waals surface area contributed by atoms with Crippen molar-refractivity contribution in [2.75, 3.05) is 13.2 Å². The van der Waals surface area contributed by atoms with E-state index in [9.17, 15) is 0 Å². The van der Waals surface area contributed by atoms with E-state index in [4.69, 9.17) is 28.4 Å². The highest BCUT2D eigenvalue weighted by Gasteiger charge is 2.65. The predicted octanol–water partition coefficient (Wildman–Crippen LogP) is 2.60. The van der Waals surface area contributed by atoms with Crippen LogP contribution >= 0.6 is 0 Å². The van der Waals surface area contributed by atoms with Crippen LogP contribution in [0.1, 0.15) is 33.3 Å². The van der Waals surface area contributed by atoms with Crippen molar-refractivity contribution in [2.45, 2.75) is 70.0 Å². The van der Waals surface area contributed by atoms with Crippen molar-refractivity contribution in [3.63, 3.8) is 0 Å². The summed E-state index contributed by atoms with van der Waals surface area (Å²) in [5.41, 5.74) is 1.10. The lowest BCUT2D eigenvalue weighted by Gasteiger charge is -2.40. The number of fused-ring (bicyclic) bond motifs is 3. The van der Waals surface area contributed by atoms with Crippen LogP contribution in [0.3, 0.4) is 0 Å². The maximum atomic E-state index is 6.15. The maximum Gasteiger partial charge on any atom is 0.224 e. The molecule has 0 bridgehead atoms. The Labute approximate surface area is 148 Å². The number of hydrogen-bond acceptors (Lipinski definition) is 6. The smallest absolute Gasteiger partial charge is 0.224 e. The molecule has 3 aliphatic rings. The fourth-order valence-corrected chi connectivity index (χ4v) is 3.83. The van der Waals surface area contributed by atoms with Gasteiger partial charge in [0.2, 0.25) is 5.79 Å². The summed E-state index contributed by atoms with van der Waals surface area (Å²) in [6.45, 7) is 8.70. The molecule has 6 nitrogen and oxygen atoms in total. The first-order valence-corrected chi connectivity index (χ1v) is 8.78. The average Bonchev–Trinajstić information content (AvgIpc) is 3.00. The SMILES string of the molecule is CC1(C)O[C@@H]2[C@@H](CO[C@@]3(COCc4ccccc4)OC(C)(C)O[C@@H]23)O1. The van der Waals surface area contributed by atoms with Gasteiger partial charge in [0, 0.05) is 0 Å². The van der Waals surface area contributed by atoms with Crippen LogP contribution in [-0.4, -0.2) is 48.9 Å². The molecule has 0 aliphatic carbocycles. The van der Waals surface area contributed by atoms with Gasteiger partial charge in [-0.15, -0.1) is 0 Å². The lowest BCUT2D eigenvalue weighted by atomic mass is 9.97. The summed E-state index contributed by atoms with van der Waals surface area (Å²) < 4.78 is 36.3. The van der Waals surface area contributed by atoms with Gasteiger partial charge in [-0.3, -0.25) is 0 Å². The van der Waals surface area contributed by atoms with Crippen molar-refractivity contribution in [3.05, 3.63) is 35.9 Å². The van der Waals surface area contributed by atoms with Crippen molar-refractivity contribution in [1.82, 2.24) is 0 Å². The Morgan fingerprint density at radius 2 is 1.76 bits per heavy atom. The first kappa shape index (κ1) is 17.4. The third-order valence-corrected chi connectivity index (χ3v) is 4.69. The Bertz CT molecular complexity index is 616. The minimum Gasteiger partial charge on any atom is -0.371 e. The third kappa shape index (κ3) is 3.35. The fourth-order valence-electron chi connectivity index (χ4n) is 3.83. The van der Waals surface area contributed by atoms with Gasteiger partial charge in [-0.1, -0.05) is 30.3 Å². The van der Waals surface area contributed by atoms with Gasteiger partial charge < -0.3 is 28.4 Å². The summed E-state index contributed by atoms with van der Waals surface area (Å²) in [6.07, 6.45) is -0.815. The number of benzene rings is 1. The summed E-state index contributed by atoms with van der Waals surface area (Å²) in [5, 5.41) is 0. The zero-order chi connectivity index (χ0) is 17.7. The van der Waals surface area contributed by atoms with E-state index >= 15 is 0 Å². The average molecular weight is 350 g/mol. The molecule has 0 aromatic heterocycles. The van der Waals surface area contributed by atoms with Crippen LogP contribution in [0.25, 0.3) is 0 Å². The van der Waals surface area contributed by atoms with Crippen molar-refractivity contribution in [3.8, 4) is 0 Å². The van der Waals surface area contributed by atoms with Crippen LogP contribution in [0.4, 0.5) is 0 Å². The highest BCUT2D eigenvalue weighted by atomic mass is 16.9. The lowest BCUT2D eigenvalue weighted by molar-refractivity contribution is -0.300. The number of rotatable bonds is 4. The molecule has 6 heteroatoms. The van der Waals surface area contributed by atoms with Crippen molar-refractivity contribution >= 4 is 0 Å². The molecule has 3 saturated heterocycles. The molecular weight excluding hydrogens is 324 g/mol. The van der Waals surface area contributed by atoms with Gasteiger partial charge in [0.15, 0.2) is 11.6 Å². The molecule has 0 saturated carbocycles. The Balaban J connectivity index is 1.50. The molecule has 1 aromatic rings. The zero-order valence-corrected chi connectivity index (χ0v) is 15.2. The normalized spacial score (nSPS) is 38.3. The number of hydrogen-bond donors (Lipinski definition) is 0. The minimum atomic E-state index is -0.983. The molecular formula is C19H26O6. The molecule has 3 fully saturated rings. The third-order valence-electron chi connectivity index (χ3n) is 4.69. The van der Waals surface area contributed by atoms with E-state index in [1.165, 1.54) is 0 Å².